The van der Waals surface area contributed by atoms with Gasteiger partial charge < -0.3 is 14.7 Å². The van der Waals surface area contributed by atoms with Crippen molar-refractivity contribution in [3.63, 3.8) is 0 Å². The highest BCUT2D eigenvalue weighted by Crippen LogP contribution is 2.35. The van der Waals surface area contributed by atoms with Crippen molar-refractivity contribution in [3.8, 4) is 5.75 Å². The highest BCUT2D eigenvalue weighted by molar-refractivity contribution is 9.10. The topological polar surface area (TPSA) is 104 Å². The number of piperidine rings is 1. The zero-order valence-corrected chi connectivity index (χ0v) is 17.8. The molecule has 8 nitrogen and oxygen atoms in total. The van der Waals surface area contributed by atoms with E-state index < -0.39 is 23.7 Å². The van der Waals surface area contributed by atoms with Crippen LogP contribution >= 0.6 is 27.7 Å². The van der Waals surface area contributed by atoms with Gasteiger partial charge in [0.2, 0.25) is 5.91 Å². The van der Waals surface area contributed by atoms with Gasteiger partial charge in [0.25, 0.3) is 11.1 Å². The number of aliphatic carboxylic acids is 1. The van der Waals surface area contributed by atoms with E-state index in [9.17, 15) is 19.2 Å². The van der Waals surface area contributed by atoms with Crippen LogP contribution in [0.3, 0.4) is 0 Å². The average molecular weight is 483 g/mol. The zero-order valence-electron chi connectivity index (χ0n) is 15.4. The van der Waals surface area contributed by atoms with Gasteiger partial charge in [-0.05, 0) is 55.3 Å². The van der Waals surface area contributed by atoms with E-state index in [4.69, 9.17) is 9.84 Å². The number of amides is 3. The van der Waals surface area contributed by atoms with Crippen molar-refractivity contribution >= 4 is 56.8 Å². The van der Waals surface area contributed by atoms with E-state index in [0.717, 1.165) is 35.9 Å². The van der Waals surface area contributed by atoms with Crippen LogP contribution in [0.15, 0.2) is 27.6 Å². The number of thioether (sulfide) groups is 1. The van der Waals surface area contributed by atoms with E-state index in [1.165, 1.54) is 6.08 Å². The summed E-state index contributed by atoms with van der Waals surface area (Å²) < 4.78 is 5.95. The SMILES string of the molecule is O=C(O)COc1ccc(Br)cc1/C=C1\SC(=O)N(CC(=O)N2CCCCC2)C1=O. The minimum atomic E-state index is -1.13. The number of hydrogen-bond donors (Lipinski definition) is 1. The lowest BCUT2D eigenvalue weighted by molar-refractivity contribution is -0.139. The number of rotatable bonds is 6. The zero-order chi connectivity index (χ0) is 21.0. The third-order valence-corrected chi connectivity index (χ3v) is 5.89. The molecule has 2 aliphatic heterocycles. The van der Waals surface area contributed by atoms with Gasteiger partial charge in [-0.2, -0.15) is 0 Å². The number of nitrogens with zero attached hydrogens (tertiary/aromatic N) is 2. The van der Waals surface area contributed by atoms with E-state index in [2.05, 4.69) is 15.9 Å². The highest BCUT2D eigenvalue weighted by atomic mass is 79.9. The van der Waals surface area contributed by atoms with Crippen molar-refractivity contribution in [2.75, 3.05) is 26.2 Å². The number of carboxylic acids is 1. The summed E-state index contributed by atoms with van der Waals surface area (Å²) in [6.07, 6.45) is 4.40. The number of likely N-dealkylation sites (tertiary alicyclic amines) is 1. The van der Waals surface area contributed by atoms with Crippen molar-refractivity contribution < 1.29 is 29.0 Å². The Morgan fingerprint density at radius 1 is 1.21 bits per heavy atom. The smallest absolute Gasteiger partial charge is 0.341 e. The minimum absolute atomic E-state index is 0.153. The van der Waals surface area contributed by atoms with Crippen molar-refractivity contribution in [2.45, 2.75) is 19.3 Å². The molecule has 0 aliphatic carbocycles. The molecular formula is C19H19BrN2O6S. The van der Waals surface area contributed by atoms with E-state index in [1.807, 2.05) is 0 Å². The van der Waals surface area contributed by atoms with Crippen LogP contribution in [0.25, 0.3) is 6.08 Å². The van der Waals surface area contributed by atoms with Gasteiger partial charge in [0.05, 0.1) is 4.91 Å². The summed E-state index contributed by atoms with van der Waals surface area (Å²) >= 11 is 4.07. The lowest BCUT2D eigenvalue weighted by Gasteiger charge is -2.27. The second kappa shape index (κ2) is 9.45. The molecule has 0 unspecified atom stereocenters. The normalized spacial score (nSPS) is 18.4. The minimum Gasteiger partial charge on any atom is -0.481 e. The first-order valence-corrected chi connectivity index (χ1v) is 10.6. The third-order valence-electron chi connectivity index (χ3n) is 4.49. The molecule has 0 spiro atoms. The van der Waals surface area contributed by atoms with Crippen LogP contribution in [0, 0.1) is 0 Å². The van der Waals surface area contributed by atoms with Crippen LogP contribution in [0.2, 0.25) is 0 Å². The summed E-state index contributed by atoms with van der Waals surface area (Å²) in [6, 6.07) is 4.91. The second-order valence-corrected chi connectivity index (χ2v) is 8.48. The molecule has 0 bridgehead atoms. The average Bonchev–Trinajstić information content (AvgIpc) is 2.95. The van der Waals surface area contributed by atoms with Gasteiger partial charge in [0.1, 0.15) is 12.3 Å². The number of benzene rings is 1. The number of hydrogen-bond acceptors (Lipinski definition) is 6. The molecule has 2 saturated heterocycles. The number of carboxylic acid groups (broad SMARTS) is 1. The fraction of sp³-hybridized carbons (Fsp3) is 0.368. The lowest BCUT2D eigenvalue weighted by atomic mass is 10.1. The predicted molar refractivity (Wildman–Crippen MR) is 110 cm³/mol. The summed E-state index contributed by atoms with van der Waals surface area (Å²) in [5, 5.41) is 8.31. The highest BCUT2D eigenvalue weighted by Gasteiger charge is 2.37. The molecule has 1 aromatic carbocycles. The first-order chi connectivity index (χ1) is 13.8. The van der Waals surface area contributed by atoms with Gasteiger partial charge in [0.15, 0.2) is 6.61 Å². The first-order valence-electron chi connectivity index (χ1n) is 9.02. The molecule has 2 aliphatic rings. The Labute approximate surface area is 180 Å². The number of halogens is 1. The van der Waals surface area contributed by atoms with Crippen molar-refractivity contribution in [1.29, 1.82) is 0 Å². The van der Waals surface area contributed by atoms with Crippen molar-refractivity contribution in [3.05, 3.63) is 33.1 Å². The summed E-state index contributed by atoms with van der Waals surface area (Å²) in [4.78, 5) is 51.0. The van der Waals surface area contributed by atoms with E-state index in [-0.39, 0.29) is 23.1 Å². The lowest BCUT2D eigenvalue weighted by Crippen LogP contribution is -2.44. The van der Waals surface area contributed by atoms with Gasteiger partial charge in [-0.25, -0.2) is 4.79 Å². The van der Waals surface area contributed by atoms with E-state index in [1.54, 1.807) is 23.1 Å². The van der Waals surface area contributed by atoms with Crippen LogP contribution in [0.5, 0.6) is 5.75 Å². The molecule has 3 rings (SSSR count). The van der Waals surface area contributed by atoms with Crippen LogP contribution in [-0.2, 0) is 14.4 Å². The number of ether oxygens (including phenoxy) is 1. The van der Waals surface area contributed by atoms with Crippen molar-refractivity contribution in [2.24, 2.45) is 0 Å². The molecule has 0 aromatic heterocycles. The fourth-order valence-electron chi connectivity index (χ4n) is 3.06. The molecule has 1 aromatic rings. The fourth-order valence-corrected chi connectivity index (χ4v) is 4.27. The second-order valence-electron chi connectivity index (χ2n) is 6.57. The van der Waals surface area contributed by atoms with Crippen LogP contribution in [0.1, 0.15) is 24.8 Å². The Balaban J connectivity index is 1.76. The van der Waals surface area contributed by atoms with Crippen LogP contribution in [-0.4, -0.2) is 64.2 Å². The summed E-state index contributed by atoms with van der Waals surface area (Å²) in [7, 11) is 0. The van der Waals surface area contributed by atoms with Gasteiger partial charge in [-0.3, -0.25) is 19.3 Å². The van der Waals surface area contributed by atoms with Gasteiger partial charge in [-0.15, -0.1) is 0 Å². The molecule has 0 saturated carbocycles. The van der Waals surface area contributed by atoms with Gasteiger partial charge >= 0.3 is 5.97 Å². The molecule has 3 amide bonds. The largest absolute Gasteiger partial charge is 0.481 e. The summed E-state index contributed by atoms with van der Waals surface area (Å²) in [5.74, 6) is -1.64. The molecular weight excluding hydrogens is 464 g/mol. The van der Waals surface area contributed by atoms with Gasteiger partial charge in [0, 0.05) is 23.1 Å². The van der Waals surface area contributed by atoms with E-state index >= 15 is 0 Å². The number of carbonyl (C=O) groups excluding carboxylic acids is 3. The summed E-state index contributed by atoms with van der Waals surface area (Å²) in [6.45, 7) is 0.484. The molecule has 1 N–H and O–H groups in total. The first kappa shape index (κ1) is 21.4. The molecule has 10 heteroatoms. The number of imide groups is 1. The molecule has 2 fully saturated rings. The molecule has 29 heavy (non-hydrogen) atoms. The maximum Gasteiger partial charge on any atom is 0.341 e. The Morgan fingerprint density at radius 2 is 1.93 bits per heavy atom. The van der Waals surface area contributed by atoms with Crippen LogP contribution in [0.4, 0.5) is 4.79 Å². The van der Waals surface area contributed by atoms with E-state index in [0.29, 0.717) is 23.1 Å². The molecule has 0 atom stereocenters. The Morgan fingerprint density at radius 3 is 2.62 bits per heavy atom. The molecule has 0 radical (unpaired) electrons. The third kappa shape index (κ3) is 5.39. The molecule has 2 heterocycles. The Bertz CT molecular complexity index is 881. The van der Waals surface area contributed by atoms with Gasteiger partial charge in [-0.1, -0.05) is 15.9 Å². The molecule has 154 valence electrons. The maximum absolute atomic E-state index is 12.7. The Kier molecular flexibility index (Phi) is 6.96. The van der Waals surface area contributed by atoms with Crippen molar-refractivity contribution in [1.82, 2.24) is 9.80 Å². The standard InChI is InChI=1S/C19H19BrN2O6S/c20-13-4-5-14(28-11-17(24)25)12(8-13)9-15-18(26)22(19(27)29-15)10-16(23)21-6-2-1-3-7-21/h4-5,8-9H,1-3,6-7,10-11H2,(H,24,25)/b15-9-. The Hall–Kier alpha value is -2.33. The maximum atomic E-state index is 12.7. The number of carbonyl (C=O) groups is 4. The quantitative estimate of drug-likeness (QED) is 0.621. The monoisotopic (exact) mass is 482 g/mol. The van der Waals surface area contributed by atoms with Crippen LogP contribution < -0.4 is 4.74 Å². The summed E-state index contributed by atoms with van der Waals surface area (Å²) in [5.41, 5.74) is 0.452. The predicted octanol–water partition coefficient (Wildman–Crippen LogP) is 2.96.